The molecule has 1 fully saturated rings. The Bertz CT molecular complexity index is 1310. The maximum absolute atomic E-state index is 12.6. The molecular formula is C26H24N4O3. The first-order chi connectivity index (χ1) is 16.0. The number of carbonyl (C=O) groups excluding carboxylic acids is 2. The van der Waals surface area contributed by atoms with Crippen molar-refractivity contribution < 1.29 is 14.3 Å². The number of aryl methyl sites for hydroxylation is 1. The van der Waals surface area contributed by atoms with Crippen molar-refractivity contribution in [2.75, 3.05) is 10.6 Å². The molecule has 2 aromatic heterocycles. The van der Waals surface area contributed by atoms with E-state index in [-0.39, 0.29) is 17.7 Å². The lowest BCUT2D eigenvalue weighted by atomic mass is 10.2. The summed E-state index contributed by atoms with van der Waals surface area (Å²) >= 11 is 0. The highest BCUT2D eigenvalue weighted by Crippen LogP contribution is 2.30. The van der Waals surface area contributed by atoms with Crippen molar-refractivity contribution in [1.29, 1.82) is 0 Å². The molecule has 2 amide bonds. The summed E-state index contributed by atoms with van der Waals surface area (Å²) < 4.78 is 7.81. The Morgan fingerprint density at radius 1 is 0.939 bits per heavy atom. The predicted molar refractivity (Wildman–Crippen MR) is 126 cm³/mol. The number of rotatable bonds is 7. The van der Waals surface area contributed by atoms with Gasteiger partial charge in [-0.15, -0.1) is 0 Å². The molecule has 33 heavy (non-hydrogen) atoms. The van der Waals surface area contributed by atoms with E-state index in [1.165, 1.54) is 0 Å². The second-order valence-electron chi connectivity index (χ2n) is 8.31. The average Bonchev–Trinajstić information content (AvgIpc) is 3.60. The van der Waals surface area contributed by atoms with Crippen molar-refractivity contribution >= 4 is 28.8 Å². The fourth-order valence-corrected chi connectivity index (χ4v) is 3.51. The van der Waals surface area contributed by atoms with Gasteiger partial charge in [0.2, 0.25) is 5.91 Å². The molecule has 0 unspecified atom stereocenters. The summed E-state index contributed by atoms with van der Waals surface area (Å²) in [6, 6.07) is 18.1. The normalized spacial score (nSPS) is 13.0. The molecule has 0 saturated heterocycles. The first-order valence-electron chi connectivity index (χ1n) is 10.9. The van der Waals surface area contributed by atoms with E-state index in [1.807, 2.05) is 35.9 Å². The lowest BCUT2D eigenvalue weighted by molar-refractivity contribution is -0.117. The SMILES string of the molecule is Cc1ccc2nc(COc3ccc(C(=O)Nc4ccc(NC(=O)C5CC5)cc4)cc3)cn2c1. The standard InChI is InChI=1S/C26H24N4O3/c1-17-2-13-24-27-22(15-30(24)14-17)16-33-23-11-5-19(6-12-23)26(32)29-21-9-7-20(8-10-21)28-25(31)18-3-4-18/h2,5-15,18H,3-4,16H2,1H3,(H,28,31)(H,29,32). The molecule has 5 rings (SSSR count). The Kier molecular flexibility index (Phi) is 5.52. The zero-order valence-corrected chi connectivity index (χ0v) is 18.2. The molecule has 0 bridgehead atoms. The van der Waals surface area contributed by atoms with Crippen LogP contribution in [0.4, 0.5) is 11.4 Å². The number of nitrogens with one attached hydrogen (secondary N) is 2. The summed E-state index contributed by atoms with van der Waals surface area (Å²) in [5.41, 5.74) is 4.79. The van der Waals surface area contributed by atoms with Gasteiger partial charge in [-0.1, -0.05) is 6.07 Å². The third-order valence-corrected chi connectivity index (χ3v) is 5.51. The Hall–Kier alpha value is -4.13. The van der Waals surface area contributed by atoms with Gasteiger partial charge in [0.1, 0.15) is 18.0 Å². The third-order valence-electron chi connectivity index (χ3n) is 5.51. The summed E-state index contributed by atoms with van der Waals surface area (Å²) in [6.45, 7) is 2.38. The van der Waals surface area contributed by atoms with Gasteiger partial charge in [-0.25, -0.2) is 4.98 Å². The van der Waals surface area contributed by atoms with Gasteiger partial charge in [0.05, 0.1) is 5.69 Å². The fraction of sp³-hybridized carbons (Fsp3) is 0.192. The van der Waals surface area contributed by atoms with Gasteiger partial charge >= 0.3 is 0 Å². The predicted octanol–water partition coefficient (Wildman–Crippen LogP) is 4.82. The number of fused-ring (bicyclic) bond motifs is 1. The average molecular weight is 441 g/mol. The molecule has 1 aliphatic rings. The smallest absolute Gasteiger partial charge is 0.255 e. The highest BCUT2D eigenvalue weighted by Gasteiger charge is 2.29. The molecule has 2 heterocycles. The number of benzene rings is 2. The number of carbonyl (C=O) groups is 2. The van der Waals surface area contributed by atoms with Gasteiger partial charge in [-0.3, -0.25) is 9.59 Å². The zero-order valence-electron chi connectivity index (χ0n) is 18.2. The lowest BCUT2D eigenvalue weighted by Gasteiger charge is -2.09. The maximum Gasteiger partial charge on any atom is 0.255 e. The van der Waals surface area contributed by atoms with Crippen LogP contribution >= 0.6 is 0 Å². The Balaban J connectivity index is 1.15. The summed E-state index contributed by atoms with van der Waals surface area (Å²) in [6.07, 6.45) is 5.90. The van der Waals surface area contributed by atoms with Crippen molar-refractivity contribution in [3.63, 3.8) is 0 Å². The molecule has 0 radical (unpaired) electrons. The van der Waals surface area contributed by atoms with Gasteiger partial charge in [0.15, 0.2) is 0 Å². The van der Waals surface area contributed by atoms with Crippen LogP contribution in [-0.4, -0.2) is 21.2 Å². The highest BCUT2D eigenvalue weighted by atomic mass is 16.5. The fourth-order valence-electron chi connectivity index (χ4n) is 3.51. The van der Waals surface area contributed by atoms with Crippen LogP contribution in [0.3, 0.4) is 0 Å². The van der Waals surface area contributed by atoms with Crippen LogP contribution in [0, 0.1) is 12.8 Å². The number of imidazole rings is 1. The van der Waals surface area contributed by atoms with Crippen LogP contribution in [0.25, 0.3) is 5.65 Å². The van der Waals surface area contributed by atoms with Gasteiger partial charge < -0.3 is 19.8 Å². The van der Waals surface area contributed by atoms with E-state index in [2.05, 4.69) is 15.6 Å². The molecule has 7 nitrogen and oxygen atoms in total. The van der Waals surface area contributed by atoms with Crippen molar-refractivity contribution in [2.24, 2.45) is 5.92 Å². The van der Waals surface area contributed by atoms with Gasteiger partial charge in [0, 0.05) is 35.2 Å². The zero-order chi connectivity index (χ0) is 22.8. The molecule has 7 heteroatoms. The molecule has 166 valence electrons. The van der Waals surface area contributed by atoms with Gasteiger partial charge in [-0.05, 0) is 79.9 Å². The maximum atomic E-state index is 12.6. The second-order valence-corrected chi connectivity index (χ2v) is 8.31. The van der Waals surface area contributed by atoms with Gasteiger partial charge in [-0.2, -0.15) is 0 Å². The molecule has 0 aliphatic heterocycles. The van der Waals surface area contributed by atoms with Crippen molar-refractivity contribution in [3.8, 4) is 5.75 Å². The van der Waals surface area contributed by atoms with E-state index >= 15 is 0 Å². The van der Waals surface area contributed by atoms with Crippen LogP contribution in [0.5, 0.6) is 5.75 Å². The van der Waals surface area contributed by atoms with Crippen LogP contribution in [0.1, 0.15) is 34.5 Å². The van der Waals surface area contributed by atoms with Crippen molar-refractivity contribution in [3.05, 3.63) is 89.9 Å². The monoisotopic (exact) mass is 440 g/mol. The second kappa shape index (κ2) is 8.78. The molecular weight excluding hydrogens is 416 g/mol. The minimum atomic E-state index is -0.216. The number of amides is 2. The number of ether oxygens (including phenoxy) is 1. The molecule has 2 N–H and O–H groups in total. The number of hydrogen-bond donors (Lipinski definition) is 2. The lowest BCUT2D eigenvalue weighted by Crippen LogP contribution is -2.14. The number of pyridine rings is 1. The van der Waals surface area contributed by atoms with Crippen LogP contribution in [-0.2, 0) is 11.4 Å². The molecule has 0 atom stereocenters. The van der Waals surface area contributed by atoms with Crippen LogP contribution < -0.4 is 15.4 Å². The van der Waals surface area contributed by atoms with E-state index in [9.17, 15) is 9.59 Å². The topological polar surface area (TPSA) is 84.7 Å². The quantitative estimate of drug-likeness (QED) is 0.431. The number of anilines is 2. The van der Waals surface area contributed by atoms with Crippen molar-refractivity contribution in [1.82, 2.24) is 9.38 Å². The van der Waals surface area contributed by atoms with E-state index in [1.54, 1.807) is 48.5 Å². The molecule has 0 spiro atoms. The summed E-state index contributed by atoms with van der Waals surface area (Å²) in [7, 11) is 0. The number of nitrogens with zero attached hydrogens (tertiary/aromatic N) is 2. The third kappa shape index (κ3) is 5.03. The minimum Gasteiger partial charge on any atom is -0.487 e. The Morgan fingerprint density at radius 3 is 2.33 bits per heavy atom. The van der Waals surface area contributed by atoms with E-state index in [4.69, 9.17) is 4.74 Å². The highest BCUT2D eigenvalue weighted by molar-refractivity contribution is 6.04. The number of hydrogen-bond acceptors (Lipinski definition) is 4. The molecule has 2 aromatic carbocycles. The summed E-state index contributed by atoms with van der Waals surface area (Å²) in [5, 5.41) is 5.75. The number of aromatic nitrogens is 2. The first-order valence-corrected chi connectivity index (χ1v) is 10.9. The molecule has 1 saturated carbocycles. The van der Waals surface area contributed by atoms with E-state index < -0.39 is 0 Å². The molecule has 1 aliphatic carbocycles. The van der Waals surface area contributed by atoms with Crippen molar-refractivity contribution in [2.45, 2.75) is 26.4 Å². The Morgan fingerprint density at radius 2 is 1.64 bits per heavy atom. The van der Waals surface area contributed by atoms with Crippen LogP contribution in [0.2, 0.25) is 0 Å². The van der Waals surface area contributed by atoms with E-state index in [0.717, 1.165) is 35.4 Å². The summed E-state index contributed by atoms with van der Waals surface area (Å²) in [4.78, 5) is 28.9. The van der Waals surface area contributed by atoms with Gasteiger partial charge in [0.25, 0.3) is 5.91 Å². The van der Waals surface area contributed by atoms with Crippen LogP contribution in [0.15, 0.2) is 73.1 Å². The largest absolute Gasteiger partial charge is 0.487 e. The Labute approximate surface area is 191 Å². The van der Waals surface area contributed by atoms with E-state index in [0.29, 0.717) is 23.6 Å². The molecule has 4 aromatic rings. The first kappa shape index (κ1) is 20.8. The minimum absolute atomic E-state index is 0.0605. The summed E-state index contributed by atoms with van der Waals surface area (Å²) in [5.74, 6) is 0.660.